The summed E-state index contributed by atoms with van der Waals surface area (Å²) in [5.41, 5.74) is 6.30. The standard InChI is InChI=1S/C24H27NO3/c1-2-10-25(12-13-26)11-9-17-7-8-21-19(14-17)16-28-24(21)23-20-6-4-3-5-18(20)15-22(23)27/h3-8,14,26H,2,9-13,15-16H2,1H3/b24-23+. The number of aliphatic hydroxyl groups excluding tert-OH is 1. The van der Waals surface area contributed by atoms with E-state index in [1.54, 1.807) is 0 Å². The largest absolute Gasteiger partial charge is 0.487 e. The molecule has 4 rings (SSSR count). The van der Waals surface area contributed by atoms with Crippen molar-refractivity contribution < 1.29 is 14.6 Å². The zero-order chi connectivity index (χ0) is 19.5. The molecule has 1 aliphatic heterocycles. The molecule has 1 heterocycles. The summed E-state index contributed by atoms with van der Waals surface area (Å²) in [6.07, 6.45) is 2.50. The van der Waals surface area contributed by atoms with Crippen LogP contribution in [-0.4, -0.2) is 42.0 Å². The Bertz CT molecular complexity index is 910. The highest BCUT2D eigenvalue weighted by Gasteiger charge is 2.32. The second-order valence-corrected chi connectivity index (χ2v) is 7.56. The number of hydrogen-bond acceptors (Lipinski definition) is 4. The lowest BCUT2D eigenvalue weighted by Gasteiger charge is -2.20. The highest BCUT2D eigenvalue weighted by Crippen LogP contribution is 2.40. The molecule has 0 radical (unpaired) electrons. The monoisotopic (exact) mass is 377 g/mol. The summed E-state index contributed by atoms with van der Waals surface area (Å²) in [6.45, 7) is 5.55. The van der Waals surface area contributed by atoms with Gasteiger partial charge in [-0.15, -0.1) is 0 Å². The molecule has 1 aliphatic carbocycles. The van der Waals surface area contributed by atoms with Gasteiger partial charge in [-0.25, -0.2) is 0 Å². The van der Waals surface area contributed by atoms with Crippen LogP contribution in [0.3, 0.4) is 0 Å². The predicted molar refractivity (Wildman–Crippen MR) is 111 cm³/mol. The maximum atomic E-state index is 12.6. The molecular weight excluding hydrogens is 350 g/mol. The van der Waals surface area contributed by atoms with Crippen molar-refractivity contribution in [3.05, 3.63) is 70.3 Å². The van der Waals surface area contributed by atoms with Crippen LogP contribution in [-0.2, 0) is 29.0 Å². The summed E-state index contributed by atoms with van der Waals surface area (Å²) < 4.78 is 6.01. The van der Waals surface area contributed by atoms with Gasteiger partial charge in [-0.3, -0.25) is 4.79 Å². The lowest BCUT2D eigenvalue weighted by atomic mass is 9.98. The molecule has 0 amide bonds. The minimum atomic E-state index is 0.146. The molecule has 0 fully saturated rings. The topological polar surface area (TPSA) is 49.8 Å². The smallest absolute Gasteiger partial charge is 0.171 e. The van der Waals surface area contributed by atoms with Gasteiger partial charge in [-0.2, -0.15) is 0 Å². The number of ether oxygens (including phenoxy) is 1. The second kappa shape index (κ2) is 8.29. The lowest BCUT2D eigenvalue weighted by Crippen LogP contribution is -2.29. The number of fused-ring (bicyclic) bond motifs is 2. The first-order chi connectivity index (χ1) is 13.7. The van der Waals surface area contributed by atoms with Gasteiger partial charge in [0.05, 0.1) is 12.2 Å². The van der Waals surface area contributed by atoms with E-state index in [2.05, 4.69) is 30.0 Å². The van der Waals surface area contributed by atoms with Crippen molar-refractivity contribution in [2.45, 2.75) is 32.8 Å². The van der Waals surface area contributed by atoms with Crippen LogP contribution in [0.5, 0.6) is 0 Å². The first kappa shape index (κ1) is 18.9. The Morgan fingerprint density at radius 1 is 1.04 bits per heavy atom. The van der Waals surface area contributed by atoms with Crippen LogP contribution < -0.4 is 0 Å². The van der Waals surface area contributed by atoms with Gasteiger partial charge in [0.15, 0.2) is 5.78 Å². The predicted octanol–water partition coefficient (Wildman–Crippen LogP) is 3.46. The van der Waals surface area contributed by atoms with Crippen LogP contribution in [0.1, 0.15) is 41.2 Å². The summed E-state index contributed by atoms with van der Waals surface area (Å²) >= 11 is 0. The first-order valence-corrected chi connectivity index (χ1v) is 10.1. The molecule has 0 aromatic heterocycles. The Hall–Kier alpha value is -2.43. The van der Waals surface area contributed by atoms with E-state index in [9.17, 15) is 9.90 Å². The van der Waals surface area contributed by atoms with Crippen molar-refractivity contribution in [2.75, 3.05) is 26.2 Å². The van der Waals surface area contributed by atoms with E-state index in [0.717, 1.165) is 66.1 Å². The summed E-state index contributed by atoms with van der Waals surface area (Å²) in [5.74, 6) is 0.886. The Balaban J connectivity index is 1.57. The normalized spacial score (nSPS) is 17.8. The third-order valence-electron chi connectivity index (χ3n) is 5.60. The molecule has 2 aromatic rings. The quantitative estimate of drug-likeness (QED) is 0.751. The molecule has 2 aliphatic rings. The van der Waals surface area contributed by atoms with Crippen LogP contribution in [0.4, 0.5) is 0 Å². The van der Waals surface area contributed by atoms with Crippen molar-refractivity contribution in [1.29, 1.82) is 0 Å². The van der Waals surface area contributed by atoms with Gasteiger partial charge >= 0.3 is 0 Å². The highest BCUT2D eigenvalue weighted by molar-refractivity contribution is 6.31. The zero-order valence-electron chi connectivity index (χ0n) is 16.4. The molecule has 0 saturated carbocycles. The second-order valence-electron chi connectivity index (χ2n) is 7.56. The molecule has 0 unspecified atom stereocenters. The van der Waals surface area contributed by atoms with E-state index in [1.165, 1.54) is 5.56 Å². The highest BCUT2D eigenvalue weighted by atomic mass is 16.5. The minimum absolute atomic E-state index is 0.146. The summed E-state index contributed by atoms with van der Waals surface area (Å²) in [6, 6.07) is 14.4. The molecule has 0 atom stereocenters. The fourth-order valence-corrected chi connectivity index (χ4v) is 4.24. The van der Waals surface area contributed by atoms with Gasteiger partial charge in [-0.1, -0.05) is 49.4 Å². The van der Waals surface area contributed by atoms with Crippen molar-refractivity contribution in [3.8, 4) is 0 Å². The fourth-order valence-electron chi connectivity index (χ4n) is 4.24. The summed E-state index contributed by atoms with van der Waals surface area (Å²) in [4.78, 5) is 14.9. The van der Waals surface area contributed by atoms with E-state index in [-0.39, 0.29) is 12.4 Å². The van der Waals surface area contributed by atoms with Crippen molar-refractivity contribution in [1.82, 2.24) is 4.90 Å². The molecule has 4 heteroatoms. The molecule has 1 N–H and O–H groups in total. The first-order valence-electron chi connectivity index (χ1n) is 10.1. The van der Waals surface area contributed by atoms with Gasteiger partial charge in [0.1, 0.15) is 12.4 Å². The van der Waals surface area contributed by atoms with Crippen LogP contribution in [0.2, 0.25) is 0 Å². The Labute approximate surface area is 166 Å². The Morgan fingerprint density at radius 2 is 1.89 bits per heavy atom. The van der Waals surface area contributed by atoms with E-state index in [0.29, 0.717) is 13.0 Å². The number of carbonyl (C=O) groups is 1. The average Bonchev–Trinajstić information content (AvgIpc) is 3.25. The fraction of sp³-hybridized carbons (Fsp3) is 0.375. The SMILES string of the molecule is CCCN(CCO)CCc1ccc2c(c1)CO/C2=C1/C(=O)Cc2ccccc21. The van der Waals surface area contributed by atoms with Crippen molar-refractivity contribution in [3.63, 3.8) is 0 Å². The number of carbonyl (C=O) groups excluding carboxylic acids is 1. The Morgan fingerprint density at radius 3 is 2.71 bits per heavy atom. The van der Waals surface area contributed by atoms with Gasteiger partial charge in [-0.05, 0) is 36.1 Å². The van der Waals surface area contributed by atoms with Gasteiger partial charge in [0.2, 0.25) is 0 Å². The van der Waals surface area contributed by atoms with E-state index < -0.39 is 0 Å². The van der Waals surface area contributed by atoms with Crippen LogP contribution >= 0.6 is 0 Å². The minimum Gasteiger partial charge on any atom is -0.487 e. The third-order valence-corrected chi connectivity index (χ3v) is 5.60. The number of aliphatic hydroxyl groups is 1. The van der Waals surface area contributed by atoms with Crippen molar-refractivity contribution in [2.24, 2.45) is 0 Å². The molecule has 28 heavy (non-hydrogen) atoms. The number of benzene rings is 2. The zero-order valence-corrected chi connectivity index (χ0v) is 16.4. The summed E-state index contributed by atoms with van der Waals surface area (Å²) in [5, 5.41) is 9.22. The van der Waals surface area contributed by atoms with E-state index >= 15 is 0 Å². The van der Waals surface area contributed by atoms with Gasteiger partial charge < -0.3 is 14.7 Å². The lowest BCUT2D eigenvalue weighted by molar-refractivity contribution is -0.112. The molecule has 2 aromatic carbocycles. The Kier molecular flexibility index (Phi) is 5.60. The molecule has 0 bridgehead atoms. The third kappa shape index (κ3) is 3.62. The number of hydrogen-bond donors (Lipinski definition) is 1. The van der Waals surface area contributed by atoms with Crippen molar-refractivity contribution >= 4 is 17.1 Å². The average molecular weight is 377 g/mol. The number of ketones is 1. The number of nitrogens with zero attached hydrogens (tertiary/aromatic N) is 1. The van der Waals surface area contributed by atoms with Crippen LogP contribution in [0, 0.1) is 0 Å². The van der Waals surface area contributed by atoms with E-state index in [4.69, 9.17) is 4.74 Å². The van der Waals surface area contributed by atoms with Gasteiger partial charge in [0, 0.05) is 30.6 Å². The maximum Gasteiger partial charge on any atom is 0.171 e. The summed E-state index contributed by atoms with van der Waals surface area (Å²) in [7, 11) is 0. The molecule has 146 valence electrons. The molecular formula is C24H27NO3. The number of rotatable bonds is 7. The van der Waals surface area contributed by atoms with Gasteiger partial charge in [0.25, 0.3) is 0 Å². The number of allylic oxidation sites excluding steroid dienone is 1. The van der Waals surface area contributed by atoms with Crippen LogP contribution in [0.25, 0.3) is 11.3 Å². The molecule has 0 spiro atoms. The van der Waals surface area contributed by atoms with Crippen LogP contribution in [0.15, 0.2) is 42.5 Å². The number of Topliss-reactive ketones (excluding diaryl/α,β-unsaturated/α-hetero) is 1. The molecule has 0 saturated heterocycles. The van der Waals surface area contributed by atoms with E-state index in [1.807, 2.05) is 24.3 Å². The molecule has 4 nitrogen and oxygen atoms in total. The maximum absolute atomic E-state index is 12.6.